The van der Waals surface area contributed by atoms with Crippen molar-refractivity contribution >= 4 is 6.47 Å². The van der Waals surface area contributed by atoms with Crippen LogP contribution >= 0.6 is 0 Å². The number of nitrogens with zero attached hydrogens (tertiary/aromatic N) is 4. The van der Waals surface area contributed by atoms with Crippen LogP contribution in [-0.2, 0) is 17.8 Å². The zero-order valence-corrected chi connectivity index (χ0v) is 17.7. The minimum atomic E-state index is -0.316. The van der Waals surface area contributed by atoms with E-state index >= 15 is 0 Å². The highest BCUT2D eigenvalue weighted by Gasteiger charge is 2.17. The predicted molar refractivity (Wildman–Crippen MR) is 109 cm³/mol. The van der Waals surface area contributed by atoms with Crippen molar-refractivity contribution in [2.24, 2.45) is 0 Å². The molecule has 9 heteroatoms. The Morgan fingerprint density at radius 2 is 1.90 bits per heavy atom. The van der Waals surface area contributed by atoms with E-state index in [0.29, 0.717) is 29.6 Å². The van der Waals surface area contributed by atoms with Crippen molar-refractivity contribution in [1.82, 2.24) is 20.1 Å². The van der Waals surface area contributed by atoms with Crippen molar-refractivity contribution < 1.29 is 23.9 Å². The zero-order valence-electron chi connectivity index (χ0n) is 17.7. The molecule has 3 aromatic rings. The molecule has 9 nitrogen and oxygen atoms in total. The molecule has 0 aliphatic heterocycles. The molecule has 0 amide bonds. The molecule has 0 saturated carbocycles. The van der Waals surface area contributed by atoms with Crippen LogP contribution in [0.15, 0.2) is 35.1 Å². The lowest BCUT2D eigenvalue weighted by Gasteiger charge is -2.22. The van der Waals surface area contributed by atoms with Gasteiger partial charge in [-0.1, -0.05) is 12.1 Å². The Morgan fingerprint density at radius 1 is 1.20 bits per heavy atom. The third kappa shape index (κ3) is 6.54. The Morgan fingerprint density at radius 3 is 2.50 bits per heavy atom. The first-order valence-corrected chi connectivity index (χ1v) is 9.40. The van der Waals surface area contributed by atoms with Gasteiger partial charge in [0.25, 0.3) is 12.4 Å². The van der Waals surface area contributed by atoms with Crippen LogP contribution in [0.1, 0.15) is 45.1 Å². The Labute approximate surface area is 175 Å². The van der Waals surface area contributed by atoms with Gasteiger partial charge in [-0.15, -0.1) is 0 Å². The monoisotopic (exact) mass is 414 g/mol. The maximum absolute atomic E-state index is 8.36. The van der Waals surface area contributed by atoms with Gasteiger partial charge < -0.3 is 19.1 Å². The first kappa shape index (κ1) is 22.8. The van der Waals surface area contributed by atoms with E-state index in [1.807, 2.05) is 52.8 Å². The maximum atomic E-state index is 8.36. The van der Waals surface area contributed by atoms with E-state index in [2.05, 4.69) is 20.1 Å². The predicted octanol–water partition coefficient (Wildman–Crippen LogP) is 3.85. The number of ether oxygens (including phenoxy) is 2. The lowest BCUT2D eigenvalue weighted by molar-refractivity contribution is -0.122. The minimum absolute atomic E-state index is 0.165. The molecule has 0 bridgehead atoms. The molecule has 1 aromatic carbocycles. The van der Waals surface area contributed by atoms with Crippen molar-refractivity contribution in [3.05, 3.63) is 48.0 Å². The van der Waals surface area contributed by atoms with E-state index < -0.39 is 0 Å². The molecular weight excluding hydrogens is 388 g/mol. The fourth-order valence-corrected chi connectivity index (χ4v) is 2.54. The molecule has 0 unspecified atom stereocenters. The Hall–Kier alpha value is -3.49. The summed E-state index contributed by atoms with van der Waals surface area (Å²) in [6, 6.07) is 5.69. The molecule has 0 fully saturated rings. The molecule has 2 aromatic heterocycles. The summed E-state index contributed by atoms with van der Waals surface area (Å²) in [5.41, 5.74) is 2.09. The fourth-order valence-electron chi connectivity index (χ4n) is 2.54. The number of aryl methyl sites for hydroxylation is 2. The van der Waals surface area contributed by atoms with Crippen molar-refractivity contribution in [3.8, 4) is 22.8 Å². The lowest BCUT2D eigenvalue weighted by atomic mass is 10.1. The lowest BCUT2D eigenvalue weighted by Crippen LogP contribution is -2.22. The number of aromatic nitrogens is 4. The number of hydrogen-bond donors (Lipinski definition) is 1. The summed E-state index contributed by atoms with van der Waals surface area (Å²) in [6.45, 7) is 9.80. The Balaban J connectivity index is 0.00000101. The van der Waals surface area contributed by atoms with E-state index in [1.165, 1.54) is 0 Å². The quantitative estimate of drug-likeness (QED) is 0.599. The highest BCUT2D eigenvalue weighted by Crippen LogP contribution is 2.35. The smallest absolute Gasteiger partial charge is 0.290 e. The standard InChI is InChI=1S/C20H24N4O3.CH2O2/c1-6-17-23-18(27-24-17)12-25-16-11-14(26-20(3,4)5)7-8-15(16)19-13(2)21-9-10-22-19;2-1-3/h7-11H,6,12H2,1-5H3;1H,(H,2,3). The van der Waals surface area contributed by atoms with Gasteiger partial charge in [-0.3, -0.25) is 14.8 Å². The van der Waals surface area contributed by atoms with E-state index in [-0.39, 0.29) is 18.7 Å². The van der Waals surface area contributed by atoms with Gasteiger partial charge in [0.15, 0.2) is 12.4 Å². The summed E-state index contributed by atoms with van der Waals surface area (Å²) < 4.78 is 17.2. The van der Waals surface area contributed by atoms with E-state index in [4.69, 9.17) is 23.9 Å². The topological polar surface area (TPSA) is 120 Å². The molecule has 0 aliphatic rings. The van der Waals surface area contributed by atoms with Crippen molar-refractivity contribution in [3.63, 3.8) is 0 Å². The molecular formula is C21H26N4O5. The van der Waals surface area contributed by atoms with Crippen LogP contribution in [0.5, 0.6) is 11.5 Å². The number of carboxylic acid groups (broad SMARTS) is 1. The first-order chi connectivity index (χ1) is 14.3. The number of benzene rings is 1. The van der Waals surface area contributed by atoms with Crippen LogP contribution in [0, 0.1) is 6.92 Å². The van der Waals surface area contributed by atoms with Crippen LogP contribution in [0.4, 0.5) is 0 Å². The van der Waals surface area contributed by atoms with Crippen molar-refractivity contribution in [1.29, 1.82) is 0 Å². The SMILES string of the molecule is CCc1noc(COc2cc(OC(C)(C)C)ccc2-c2nccnc2C)n1.O=CO. The molecule has 0 radical (unpaired) electrons. The molecule has 0 spiro atoms. The summed E-state index contributed by atoms with van der Waals surface area (Å²) in [5.74, 6) is 2.42. The summed E-state index contributed by atoms with van der Waals surface area (Å²) in [5, 5.41) is 10.8. The van der Waals surface area contributed by atoms with Crippen LogP contribution in [0.2, 0.25) is 0 Å². The second-order valence-corrected chi connectivity index (χ2v) is 7.21. The summed E-state index contributed by atoms with van der Waals surface area (Å²) >= 11 is 0. The van der Waals surface area contributed by atoms with Gasteiger partial charge in [0, 0.05) is 30.4 Å². The van der Waals surface area contributed by atoms with Gasteiger partial charge in [0.1, 0.15) is 17.1 Å². The van der Waals surface area contributed by atoms with Gasteiger partial charge in [0.2, 0.25) is 0 Å². The van der Waals surface area contributed by atoms with Gasteiger partial charge >= 0.3 is 0 Å². The highest BCUT2D eigenvalue weighted by atomic mass is 16.5. The number of hydrogen-bond acceptors (Lipinski definition) is 8. The number of rotatable bonds is 6. The van der Waals surface area contributed by atoms with Gasteiger partial charge in [0.05, 0.1) is 11.4 Å². The molecule has 160 valence electrons. The first-order valence-electron chi connectivity index (χ1n) is 9.40. The summed E-state index contributed by atoms with van der Waals surface area (Å²) in [6.07, 6.45) is 4.04. The molecule has 3 rings (SSSR count). The highest BCUT2D eigenvalue weighted by molar-refractivity contribution is 5.70. The average molecular weight is 414 g/mol. The van der Waals surface area contributed by atoms with Crippen molar-refractivity contribution in [2.75, 3.05) is 0 Å². The summed E-state index contributed by atoms with van der Waals surface area (Å²) in [7, 11) is 0. The largest absolute Gasteiger partial charge is 0.488 e. The van der Waals surface area contributed by atoms with Gasteiger partial charge in [-0.2, -0.15) is 4.98 Å². The van der Waals surface area contributed by atoms with Crippen LogP contribution in [0.25, 0.3) is 11.3 Å². The Bertz CT molecular complexity index is 966. The molecule has 0 aliphatic carbocycles. The fraction of sp³-hybridized carbons (Fsp3) is 0.381. The van der Waals surface area contributed by atoms with Crippen LogP contribution in [0.3, 0.4) is 0 Å². The molecule has 0 atom stereocenters. The molecule has 1 N–H and O–H groups in total. The molecule has 30 heavy (non-hydrogen) atoms. The number of carbonyl (C=O) groups is 1. The third-order valence-electron chi connectivity index (χ3n) is 3.69. The van der Waals surface area contributed by atoms with E-state index in [1.54, 1.807) is 12.4 Å². The van der Waals surface area contributed by atoms with Crippen molar-refractivity contribution in [2.45, 2.75) is 53.2 Å². The van der Waals surface area contributed by atoms with E-state index in [9.17, 15) is 0 Å². The zero-order chi connectivity index (χ0) is 22.1. The van der Waals surface area contributed by atoms with Crippen LogP contribution < -0.4 is 9.47 Å². The van der Waals surface area contributed by atoms with Gasteiger partial charge in [-0.05, 0) is 39.8 Å². The average Bonchev–Trinajstić information content (AvgIpc) is 3.15. The minimum Gasteiger partial charge on any atom is -0.488 e. The second kappa shape index (κ2) is 10.3. The second-order valence-electron chi connectivity index (χ2n) is 7.21. The van der Waals surface area contributed by atoms with Crippen LogP contribution in [-0.4, -0.2) is 37.3 Å². The normalized spacial score (nSPS) is 10.7. The van der Waals surface area contributed by atoms with E-state index in [0.717, 1.165) is 17.0 Å². The molecule has 0 saturated heterocycles. The Kier molecular flexibility index (Phi) is 7.85. The van der Waals surface area contributed by atoms with Gasteiger partial charge in [-0.25, -0.2) is 0 Å². The third-order valence-corrected chi connectivity index (χ3v) is 3.69. The summed E-state index contributed by atoms with van der Waals surface area (Å²) in [4.78, 5) is 21.4. The maximum Gasteiger partial charge on any atom is 0.290 e. The molecule has 2 heterocycles.